The zero-order chi connectivity index (χ0) is 21.8. The van der Waals surface area contributed by atoms with Gasteiger partial charge in [-0.15, -0.1) is 0 Å². The summed E-state index contributed by atoms with van der Waals surface area (Å²) in [7, 11) is 0. The summed E-state index contributed by atoms with van der Waals surface area (Å²) in [4.78, 5) is 23.1. The van der Waals surface area contributed by atoms with Gasteiger partial charge in [0.1, 0.15) is 18.1 Å². The van der Waals surface area contributed by atoms with Gasteiger partial charge in [-0.05, 0) is 12.0 Å². The molecule has 0 atom stereocenters. The lowest BCUT2D eigenvalue weighted by Crippen LogP contribution is -2.48. The normalized spacial score (nSPS) is 11.5. The molecule has 0 aliphatic rings. The van der Waals surface area contributed by atoms with Crippen molar-refractivity contribution < 1.29 is 9.59 Å². The minimum Gasteiger partial charge on any atom is -0.301 e. The van der Waals surface area contributed by atoms with Crippen LogP contribution in [0.4, 0.5) is 0 Å². The van der Waals surface area contributed by atoms with Crippen LogP contribution in [0, 0.1) is 0 Å². The number of carbonyl (C=O) groups is 2. The zero-order valence-corrected chi connectivity index (χ0v) is 19.4. The van der Waals surface area contributed by atoms with Gasteiger partial charge in [0, 0.05) is 6.54 Å². The Morgan fingerprint density at radius 2 is 1.10 bits per heavy atom. The van der Waals surface area contributed by atoms with Gasteiger partial charge in [-0.2, -0.15) is 0 Å². The Balaban J connectivity index is 1.99. The van der Waals surface area contributed by atoms with Gasteiger partial charge in [0.2, 0.25) is 0 Å². The first kappa shape index (κ1) is 26.6. The second-order valence-electron chi connectivity index (χ2n) is 8.81. The van der Waals surface area contributed by atoms with Gasteiger partial charge in [-0.3, -0.25) is 5.32 Å². The molecule has 170 valence electrons. The van der Waals surface area contributed by atoms with Crippen LogP contribution in [0.15, 0.2) is 30.3 Å². The van der Waals surface area contributed by atoms with Crippen molar-refractivity contribution in [2.45, 2.75) is 122 Å². The number of benzene rings is 1. The number of unbranched alkanes of at least 4 members (excludes halogenated alkanes) is 14. The highest BCUT2D eigenvalue weighted by atomic mass is 16.1. The summed E-state index contributed by atoms with van der Waals surface area (Å²) < 4.78 is 0. The molecule has 0 fully saturated rings. The fraction of sp³-hybridized carbons (Fsp3) is 0.704. The van der Waals surface area contributed by atoms with Crippen LogP contribution in [0.3, 0.4) is 0 Å². The van der Waals surface area contributed by atoms with Crippen LogP contribution in [0.2, 0.25) is 0 Å². The van der Waals surface area contributed by atoms with Crippen molar-refractivity contribution in [3.63, 3.8) is 0 Å². The maximum Gasteiger partial charge on any atom is 0.147 e. The van der Waals surface area contributed by atoms with Gasteiger partial charge in [-0.1, -0.05) is 134 Å². The highest BCUT2D eigenvalue weighted by molar-refractivity contribution is 5.89. The number of aldehydes is 2. The Morgan fingerprint density at radius 1 is 0.667 bits per heavy atom. The molecule has 0 amide bonds. The first-order chi connectivity index (χ1) is 14.8. The average Bonchev–Trinajstić information content (AvgIpc) is 2.79. The lowest BCUT2D eigenvalue weighted by atomic mass is 9.94. The van der Waals surface area contributed by atoms with Crippen molar-refractivity contribution in [2.75, 3.05) is 0 Å². The van der Waals surface area contributed by atoms with E-state index < -0.39 is 5.54 Å². The van der Waals surface area contributed by atoms with E-state index >= 15 is 0 Å². The topological polar surface area (TPSA) is 46.2 Å². The highest BCUT2D eigenvalue weighted by Gasteiger charge is 2.27. The van der Waals surface area contributed by atoms with Crippen molar-refractivity contribution in [1.29, 1.82) is 0 Å². The van der Waals surface area contributed by atoms with Crippen LogP contribution in [-0.4, -0.2) is 18.1 Å². The maximum absolute atomic E-state index is 11.6. The van der Waals surface area contributed by atoms with Gasteiger partial charge in [0.15, 0.2) is 0 Å². The van der Waals surface area contributed by atoms with E-state index in [1.807, 2.05) is 30.3 Å². The fourth-order valence-electron chi connectivity index (χ4n) is 3.97. The zero-order valence-electron chi connectivity index (χ0n) is 19.4. The molecule has 0 saturated heterocycles. The quantitative estimate of drug-likeness (QED) is 0.131. The first-order valence-electron chi connectivity index (χ1n) is 12.5. The number of hydrogen-bond acceptors (Lipinski definition) is 3. The summed E-state index contributed by atoms with van der Waals surface area (Å²) in [6.45, 7) is 2.81. The van der Waals surface area contributed by atoms with Crippen LogP contribution in [0.1, 0.15) is 115 Å². The molecule has 3 nitrogen and oxygen atoms in total. The Morgan fingerprint density at radius 3 is 1.53 bits per heavy atom. The van der Waals surface area contributed by atoms with E-state index in [9.17, 15) is 9.59 Å². The molecule has 0 bridgehead atoms. The smallest absolute Gasteiger partial charge is 0.147 e. The van der Waals surface area contributed by atoms with E-state index in [0.29, 0.717) is 13.0 Å². The van der Waals surface area contributed by atoms with Gasteiger partial charge in [0.05, 0.1) is 0 Å². The number of rotatable bonds is 21. The van der Waals surface area contributed by atoms with Crippen LogP contribution in [0.25, 0.3) is 0 Å². The van der Waals surface area contributed by atoms with Crippen LogP contribution in [-0.2, 0) is 16.1 Å². The Labute approximate surface area is 185 Å². The largest absolute Gasteiger partial charge is 0.301 e. The molecule has 3 heteroatoms. The standard InChI is InChI=1S/C27H45NO2/c1-2-3-4-5-6-7-8-9-10-11-12-13-14-15-19-22-27(24-29,25-30)28-23-26-20-17-16-18-21-26/h16-18,20-21,24-25,28H,2-15,19,22-23H2,1H3. The molecule has 0 unspecified atom stereocenters. The molecule has 0 heterocycles. The summed E-state index contributed by atoms with van der Waals surface area (Å²) in [5.74, 6) is 0. The second kappa shape index (κ2) is 18.3. The molecular weight excluding hydrogens is 370 g/mol. The van der Waals surface area contributed by atoms with E-state index in [0.717, 1.165) is 31.0 Å². The van der Waals surface area contributed by atoms with Crippen LogP contribution >= 0.6 is 0 Å². The third kappa shape index (κ3) is 13.0. The second-order valence-corrected chi connectivity index (χ2v) is 8.81. The molecule has 1 aromatic rings. The minimum atomic E-state index is -1.04. The monoisotopic (exact) mass is 415 g/mol. The molecule has 30 heavy (non-hydrogen) atoms. The summed E-state index contributed by atoms with van der Waals surface area (Å²) in [5.41, 5.74) is 0.0499. The molecule has 0 aliphatic carbocycles. The van der Waals surface area contributed by atoms with Gasteiger partial charge < -0.3 is 9.59 Å². The van der Waals surface area contributed by atoms with Crippen molar-refractivity contribution in [2.24, 2.45) is 0 Å². The van der Waals surface area contributed by atoms with Crippen LogP contribution < -0.4 is 5.32 Å². The van der Waals surface area contributed by atoms with Gasteiger partial charge >= 0.3 is 0 Å². The Kier molecular flexibility index (Phi) is 16.2. The number of hydrogen-bond donors (Lipinski definition) is 1. The molecule has 1 aromatic carbocycles. The van der Waals surface area contributed by atoms with E-state index in [-0.39, 0.29) is 0 Å². The highest BCUT2D eigenvalue weighted by Crippen LogP contribution is 2.16. The SMILES string of the molecule is CCCCCCCCCCCCCCCCCC(C=O)(C=O)NCc1ccccc1. The van der Waals surface area contributed by atoms with Gasteiger partial charge in [-0.25, -0.2) is 0 Å². The molecule has 1 N–H and O–H groups in total. The lowest BCUT2D eigenvalue weighted by molar-refractivity contribution is -0.123. The number of nitrogens with one attached hydrogen (secondary N) is 1. The lowest BCUT2D eigenvalue weighted by Gasteiger charge is -2.23. The summed E-state index contributed by atoms with van der Waals surface area (Å²) in [6, 6.07) is 9.90. The molecule has 1 rings (SSSR count). The van der Waals surface area contributed by atoms with Crippen LogP contribution in [0.5, 0.6) is 0 Å². The van der Waals surface area contributed by atoms with Crippen molar-refractivity contribution >= 4 is 12.6 Å². The average molecular weight is 416 g/mol. The van der Waals surface area contributed by atoms with E-state index in [1.165, 1.54) is 83.5 Å². The van der Waals surface area contributed by atoms with E-state index in [2.05, 4.69) is 12.2 Å². The molecule has 0 aromatic heterocycles. The molecule has 0 saturated carbocycles. The Bertz CT molecular complexity index is 521. The van der Waals surface area contributed by atoms with E-state index in [1.54, 1.807) is 0 Å². The summed E-state index contributed by atoms with van der Waals surface area (Å²) >= 11 is 0. The molecular formula is C27H45NO2. The van der Waals surface area contributed by atoms with Gasteiger partial charge in [0.25, 0.3) is 0 Å². The molecule has 0 aliphatic heterocycles. The Hall–Kier alpha value is -1.48. The van der Waals surface area contributed by atoms with E-state index in [4.69, 9.17) is 0 Å². The third-order valence-electron chi connectivity index (χ3n) is 6.08. The first-order valence-corrected chi connectivity index (χ1v) is 12.5. The predicted octanol–water partition coefficient (Wildman–Crippen LogP) is 7.17. The predicted molar refractivity (Wildman–Crippen MR) is 128 cm³/mol. The minimum absolute atomic E-state index is 0.539. The van der Waals surface area contributed by atoms with Crippen molar-refractivity contribution in [3.8, 4) is 0 Å². The third-order valence-corrected chi connectivity index (χ3v) is 6.08. The molecule has 0 spiro atoms. The summed E-state index contributed by atoms with van der Waals surface area (Å²) in [5, 5.41) is 3.16. The summed E-state index contributed by atoms with van der Waals surface area (Å²) in [6.07, 6.45) is 21.9. The van der Waals surface area contributed by atoms with Crippen molar-refractivity contribution in [3.05, 3.63) is 35.9 Å². The number of carbonyl (C=O) groups excluding carboxylic acids is 2. The fourth-order valence-corrected chi connectivity index (χ4v) is 3.97. The molecule has 0 radical (unpaired) electrons. The maximum atomic E-state index is 11.6. The van der Waals surface area contributed by atoms with Crippen molar-refractivity contribution in [1.82, 2.24) is 5.32 Å².